The largest absolute Gasteiger partial charge is 0.490 e. The Bertz CT molecular complexity index is 2250. The maximum Gasteiger partial charge on any atom is 0.490 e. The number of piperazine rings is 1. The fourth-order valence-electron chi connectivity index (χ4n) is 5.26. The molecule has 1 aliphatic rings. The van der Waals surface area contributed by atoms with Gasteiger partial charge in [0.15, 0.2) is 23.7 Å². The highest BCUT2D eigenvalue weighted by Crippen LogP contribution is 2.28. The molecule has 4 aromatic heterocycles. The number of nitrogens with one attached hydrogen (secondary N) is 1. The third kappa shape index (κ3) is 7.09. The van der Waals surface area contributed by atoms with Crippen LogP contribution in [0.25, 0.3) is 33.4 Å². The number of aliphatic carboxylic acids is 2. The number of fused-ring (bicyclic) bond motifs is 4. The second kappa shape index (κ2) is 13.7. The molecule has 2 aromatic carbocycles. The number of carbonyl (C=O) groups is 2. The van der Waals surface area contributed by atoms with Crippen molar-refractivity contribution < 1.29 is 37.7 Å². The first-order valence-electron chi connectivity index (χ1n) is 15.0. The van der Waals surface area contributed by atoms with Gasteiger partial charge in [-0.2, -0.15) is 22.7 Å². The van der Waals surface area contributed by atoms with E-state index in [0.717, 1.165) is 37.6 Å². The Morgan fingerprint density at radius 2 is 1.66 bits per heavy atom. The van der Waals surface area contributed by atoms with Crippen molar-refractivity contribution in [1.82, 2.24) is 34.0 Å². The highest BCUT2D eigenvalue weighted by Gasteiger charge is 2.38. The molecule has 0 atom stereocenters. The summed E-state index contributed by atoms with van der Waals surface area (Å²) in [4.78, 5) is 56.7. The van der Waals surface area contributed by atoms with Crippen LogP contribution < -0.4 is 20.5 Å². The molecule has 1 saturated heterocycles. The fraction of sp³-hybridized carbons (Fsp3) is 0.219. The minimum Gasteiger partial charge on any atom is -0.482 e. The summed E-state index contributed by atoms with van der Waals surface area (Å²) in [5, 5.41) is 20.3. The van der Waals surface area contributed by atoms with Gasteiger partial charge in [0, 0.05) is 61.4 Å². The molecular formula is C32H28F3N9O6. The second-order valence-corrected chi connectivity index (χ2v) is 11.1. The van der Waals surface area contributed by atoms with E-state index in [1.165, 1.54) is 10.7 Å². The molecule has 18 heteroatoms. The Balaban J connectivity index is 0.000000561. The Kier molecular flexibility index (Phi) is 9.18. The zero-order chi connectivity index (χ0) is 35.6. The number of carboxylic acid groups (broad SMARTS) is 2. The lowest BCUT2D eigenvalue weighted by Crippen LogP contribution is -2.44. The van der Waals surface area contributed by atoms with E-state index < -0.39 is 24.7 Å². The molecule has 258 valence electrons. The first-order chi connectivity index (χ1) is 23.9. The number of ether oxygens (including phenoxy) is 1. The summed E-state index contributed by atoms with van der Waals surface area (Å²) >= 11 is 0. The number of carboxylic acids is 2. The number of rotatable bonds is 7. The normalized spacial score (nSPS) is 13.6. The molecule has 1 aliphatic heterocycles. The highest BCUT2D eigenvalue weighted by molar-refractivity contribution is 5.96. The number of anilines is 3. The maximum atomic E-state index is 13.9. The molecule has 0 spiro atoms. The van der Waals surface area contributed by atoms with Crippen molar-refractivity contribution in [1.29, 1.82) is 0 Å². The predicted molar refractivity (Wildman–Crippen MR) is 175 cm³/mol. The number of alkyl halides is 3. The average molecular weight is 692 g/mol. The van der Waals surface area contributed by atoms with Crippen LogP contribution in [0.4, 0.5) is 30.5 Å². The number of likely N-dealkylation sites (N-methyl/N-ethyl adjacent to an activating group) is 1. The van der Waals surface area contributed by atoms with E-state index in [4.69, 9.17) is 24.7 Å². The lowest BCUT2D eigenvalue weighted by molar-refractivity contribution is -0.192. The maximum absolute atomic E-state index is 13.9. The molecule has 0 saturated carbocycles. The number of hydrogen-bond donors (Lipinski definition) is 3. The number of hydrogen-bond acceptors (Lipinski definition) is 11. The summed E-state index contributed by atoms with van der Waals surface area (Å²) in [6.07, 6.45) is -2.00. The van der Waals surface area contributed by atoms with Crippen LogP contribution in [0.15, 0.2) is 77.9 Å². The van der Waals surface area contributed by atoms with Crippen LogP contribution in [0.5, 0.6) is 5.75 Å². The van der Waals surface area contributed by atoms with Gasteiger partial charge in [-0.05, 0) is 55.6 Å². The smallest absolute Gasteiger partial charge is 0.482 e. The van der Waals surface area contributed by atoms with E-state index in [0.29, 0.717) is 34.1 Å². The predicted octanol–water partition coefficient (Wildman–Crippen LogP) is 3.57. The van der Waals surface area contributed by atoms with Crippen LogP contribution >= 0.6 is 0 Å². The summed E-state index contributed by atoms with van der Waals surface area (Å²) in [5.41, 5.74) is 2.77. The zero-order valence-corrected chi connectivity index (χ0v) is 26.2. The van der Waals surface area contributed by atoms with E-state index >= 15 is 0 Å². The molecular weight excluding hydrogens is 663 g/mol. The second-order valence-electron chi connectivity index (χ2n) is 11.1. The molecule has 0 radical (unpaired) electrons. The fourth-order valence-corrected chi connectivity index (χ4v) is 5.26. The third-order valence-corrected chi connectivity index (χ3v) is 7.71. The van der Waals surface area contributed by atoms with Crippen molar-refractivity contribution in [3.63, 3.8) is 0 Å². The first kappa shape index (κ1) is 33.6. The number of nitrogens with zero attached hydrogens (tertiary/aromatic N) is 8. The van der Waals surface area contributed by atoms with Crippen molar-refractivity contribution in [3.8, 4) is 11.6 Å². The van der Waals surface area contributed by atoms with Crippen LogP contribution in [0.2, 0.25) is 0 Å². The Morgan fingerprint density at radius 3 is 2.30 bits per heavy atom. The van der Waals surface area contributed by atoms with Crippen LogP contribution in [0, 0.1) is 0 Å². The molecule has 1 fully saturated rings. The highest BCUT2D eigenvalue weighted by atomic mass is 19.4. The quantitative estimate of drug-likeness (QED) is 0.221. The minimum atomic E-state index is -5.08. The van der Waals surface area contributed by atoms with Crippen molar-refractivity contribution >= 4 is 56.8 Å². The molecule has 0 aliphatic carbocycles. The summed E-state index contributed by atoms with van der Waals surface area (Å²) in [7, 11) is 2.14. The van der Waals surface area contributed by atoms with E-state index in [1.54, 1.807) is 41.2 Å². The zero-order valence-electron chi connectivity index (χ0n) is 26.2. The molecule has 0 amide bonds. The number of aromatic nitrogens is 6. The van der Waals surface area contributed by atoms with Gasteiger partial charge in [-0.15, -0.1) is 0 Å². The third-order valence-electron chi connectivity index (χ3n) is 7.71. The molecule has 50 heavy (non-hydrogen) atoms. The van der Waals surface area contributed by atoms with Gasteiger partial charge >= 0.3 is 18.1 Å². The van der Waals surface area contributed by atoms with Crippen LogP contribution in [0.1, 0.15) is 0 Å². The van der Waals surface area contributed by atoms with E-state index in [2.05, 4.69) is 49.2 Å². The van der Waals surface area contributed by atoms with Crippen molar-refractivity contribution in [2.75, 3.05) is 50.1 Å². The van der Waals surface area contributed by atoms with Crippen molar-refractivity contribution in [2.24, 2.45) is 0 Å². The van der Waals surface area contributed by atoms with Crippen LogP contribution in [-0.2, 0) is 9.59 Å². The van der Waals surface area contributed by atoms with Crippen molar-refractivity contribution in [3.05, 3.63) is 83.4 Å². The summed E-state index contributed by atoms with van der Waals surface area (Å²) in [5.74, 6) is -2.73. The van der Waals surface area contributed by atoms with Crippen molar-refractivity contribution in [2.45, 2.75) is 6.18 Å². The van der Waals surface area contributed by atoms with E-state index in [-0.39, 0.29) is 16.6 Å². The van der Waals surface area contributed by atoms with Crippen LogP contribution in [-0.4, -0.2) is 102 Å². The summed E-state index contributed by atoms with van der Waals surface area (Å²) in [6, 6.07) is 18.5. The summed E-state index contributed by atoms with van der Waals surface area (Å²) < 4.78 is 40.2. The number of benzene rings is 2. The number of pyridine rings is 1. The topological polar surface area (TPSA) is 180 Å². The Labute approximate surface area is 279 Å². The molecule has 15 nitrogen and oxygen atoms in total. The lowest BCUT2D eigenvalue weighted by Gasteiger charge is -2.34. The van der Waals surface area contributed by atoms with Gasteiger partial charge in [-0.25, -0.2) is 29.2 Å². The molecule has 3 N–H and O–H groups in total. The molecule has 0 unspecified atom stereocenters. The SMILES string of the molecule is CN1CCN(c2ccc(Nc3ncc4c(=O)n5c(nc4n3)c3ccc(OCC(=O)O)cc3n5-c3ccccn3)cc2)CC1.O=C(O)C(F)(F)F. The van der Waals surface area contributed by atoms with Gasteiger partial charge in [0.05, 0.1) is 5.52 Å². The lowest BCUT2D eigenvalue weighted by atomic mass is 10.2. The average Bonchev–Trinajstić information content (AvgIpc) is 3.42. The minimum absolute atomic E-state index is 0.232. The standard InChI is InChI=1S/C30H27N9O4.C2HF3O2/c1-36-12-14-37(15-13-36)20-7-5-19(6-8-20)33-30-32-17-23-27(35-30)34-28-22-10-9-21(43-18-26(40)41)16-24(22)38(39(28)29(23)42)25-4-2-3-11-31-25;3-2(4,5)1(6)7/h2-11,16-17H,12-15,18H2,1H3,(H,40,41)(H,32,33,35);(H,6,7). The molecule has 0 bridgehead atoms. The van der Waals surface area contributed by atoms with Gasteiger partial charge < -0.3 is 30.1 Å². The first-order valence-corrected chi connectivity index (χ1v) is 15.0. The van der Waals surface area contributed by atoms with E-state index in [1.807, 2.05) is 18.2 Å². The van der Waals surface area contributed by atoms with Gasteiger partial charge in [0.2, 0.25) is 5.95 Å². The van der Waals surface area contributed by atoms with Gasteiger partial charge in [-0.3, -0.25) is 4.79 Å². The van der Waals surface area contributed by atoms with Crippen LogP contribution in [0.3, 0.4) is 0 Å². The summed E-state index contributed by atoms with van der Waals surface area (Å²) in [6.45, 7) is 3.54. The van der Waals surface area contributed by atoms with Gasteiger partial charge in [-0.1, -0.05) is 6.07 Å². The Hall–Kier alpha value is -6.30. The van der Waals surface area contributed by atoms with E-state index in [9.17, 15) is 22.8 Å². The van der Waals surface area contributed by atoms with Gasteiger partial charge in [0.25, 0.3) is 5.56 Å². The molecule has 7 rings (SSSR count). The Morgan fingerprint density at radius 1 is 0.940 bits per heavy atom. The monoisotopic (exact) mass is 691 g/mol. The van der Waals surface area contributed by atoms with Gasteiger partial charge in [0.1, 0.15) is 11.1 Å². The molecule has 5 heterocycles. The number of halogens is 3. The molecule has 6 aromatic rings.